The molecule has 0 aromatic carbocycles. The number of nitrogens with two attached hydrogens (primary N) is 1. The number of nitrogens with zero attached hydrogens (tertiary/aromatic N) is 2. The van der Waals surface area contributed by atoms with Gasteiger partial charge in [-0.05, 0) is 12.8 Å². The van der Waals surface area contributed by atoms with Crippen molar-refractivity contribution >= 4 is 11.6 Å². The number of aromatic nitrogens is 2. The Balaban J connectivity index is 2.48. The van der Waals surface area contributed by atoms with Crippen molar-refractivity contribution in [1.82, 2.24) is 9.97 Å². The summed E-state index contributed by atoms with van der Waals surface area (Å²) in [5.74, 6) is 2.69. The predicted molar refractivity (Wildman–Crippen MR) is 74.7 cm³/mol. The quantitative estimate of drug-likeness (QED) is 0.726. The molecule has 0 saturated carbocycles. The van der Waals surface area contributed by atoms with Crippen LogP contribution in [-0.2, 0) is 11.2 Å². The predicted octanol–water partition coefficient (Wildman–Crippen LogP) is 2.01. The lowest BCUT2D eigenvalue weighted by molar-refractivity contribution is 0.118. The highest BCUT2D eigenvalue weighted by atomic mass is 16.5. The van der Waals surface area contributed by atoms with Crippen molar-refractivity contribution in [2.24, 2.45) is 5.92 Å². The molecule has 0 aliphatic rings. The third kappa shape index (κ3) is 4.49. The molecule has 0 aliphatic carbocycles. The second kappa shape index (κ2) is 7.16. The second-order valence-corrected chi connectivity index (χ2v) is 4.75. The lowest BCUT2D eigenvalue weighted by Crippen LogP contribution is -2.15. The van der Waals surface area contributed by atoms with Gasteiger partial charge in [-0.1, -0.05) is 20.8 Å². The topological polar surface area (TPSA) is 73.1 Å². The zero-order valence-corrected chi connectivity index (χ0v) is 11.8. The van der Waals surface area contributed by atoms with E-state index in [9.17, 15) is 0 Å². The first-order valence-electron chi connectivity index (χ1n) is 6.49. The Kier molecular flexibility index (Phi) is 5.85. The average Bonchev–Trinajstić information content (AvgIpc) is 2.33. The molecule has 18 heavy (non-hydrogen) atoms. The molecule has 1 rings (SSSR count). The lowest BCUT2D eigenvalue weighted by Gasteiger charge is -2.12. The molecule has 0 atom stereocenters. The van der Waals surface area contributed by atoms with E-state index < -0.39 is 0 Å². The zero-order valence-electron chi connectivity index (χ0n) is 11.8. The zero-order chi connectivity index (χ0) is 13.5. The minimum Gasteiger partial charge on any atom is -0.383 e. The summed E-state index contributed by atoms with van der Waals surface area (Å²) in [5.41, 5.74) is 6.74. The van der Waals surface area contributed by atoms with E-state index in [1.54, 1.807) is 0 Å². The Hall–Kier alpha value is -1.36. The molecular weight excluding hydrogens is 228 g/mol. The van der Waals surface area contributed by atoms with Crippen LogP contribution in [0.1, 0.15) is 32.2 Å². The number of nitrogens with one attached hydrogen (secondary N) is 1. The maximum absolute atomic E-state index is 5.84. The van der Waals surface area contributed by atoms with Crippen molar-refractivity contribution in [2.75, 3.05) is 30.8 Å². The summed E-state index contributed by atoms with van der Waals surface area (Å²) in [6, 6.07) is 0. The molecule has 0 radical (unpaired) electrons. The number of anilines is 2. The van der Waals surface area contributed by atoms with E-state index in [2.05, 4.69) is 29.1 Å². The van der Waals surface area contributed by atoms with Crippen LogP contribution in [0.2, 0.25) is 0 Å². The number of rotatable bonds is 7. The van der Waals surface area contributed by atoms with E-state index in [-0.39, 0.29) is 0 Å². The van der Waals surface area contributed by atoms with Gasteiger partial charge in [-0.3, -0.25) is 0 Å². The largest absolute Gasteiger partial charge is 0.383 e. The van der Waals surface area contributed by atoms with Gasteiger partial charge in [0, 0.05) is 25.1 Å². The molecule has 1 aromatic rings. The highest BCUT2D eigenvalue weighted by Crippen LogP contribution is 2.16. The Morgan fingerprint density at radius 1 is 1.33 bits per heavy atom. The van der Waals surface area contributed by atoms with E-state index in [1.807, 2.05) is 13.8 Å². The fourth-order valence-corrected chi connectivity index (χ4v) is 1.47. The first kappa shape index (κ1) is 14.7. The van der Waals surface area contributed by atoms with Gasteiger partial charge in [0.2, 0.25) is 0 Å². The first-order valence-corrected chi connectivity index (χ1v) is 6.49. The second-order valence-electron chi connectivity index (χ2n) is 4.75. The monoisotopic (exact) mass is 252 g/mol. The molecule has 0 unspecified atom stereocenters. The summed E-state index contributed by atoms with van der Waals surface area (Å²) in [4.78, 5) is 8.64. The van der Waals surface area contributed by atoms with Crippen LogP contribution in [0.5, 0.6) is 0 Å². The number of hydrogen-bond donors (Lipinski definition) is 2. The summed E-state index contributed by atoms with van der Waals surface area (Å²) in [5, 5.41) is 3.25. The smallest absolute Gasteiger partial charge is 0.134 e. The molecule has 1 aromatic heterocycles. The van der Waals surface area contributed by atoms with Gasteiger partial charge in [0.25, 0.3) is 0 Å². The Morgan fingerprint density at radius 2 is 2.06 bits per heavy atom. The van der Waals surface area contributed by atoms with Crippen molar-refractivity contribution in [3.8, 4) is 0 Å². The molecule has 0 bridgehead atoms. The highest BCUT2D eigenvalue weighted by Gasteiger charge is 2.07. The summed E-state index contributed by atoms with van der Waals surface area (Å²) >= 11 is 0. The molecule has 5 nitrogen and oxygen atoms in total. The van der Waals surface area contributed by atoms with Gasteiger partial charge < -0.3 is 15.8 Å². The van der Waals surface area contributed by atoms with Crippen molar-refractivity contribution in [3.63, 3.8) is 0 Å². The molecule has 1 heterocycles. The fourth-order valence-electron chi connectivity index (χ4n) is 1.47. The summed E-state index contributed by atoms with van der Waals surface area (Å²) < 4.78 is 5.51. The maximum Gasteiger partial charge on any atom is 0.134 e. The Bertz CT molecular complexity index is 379. The van der Waals surface area contributed by atoms with Crippen LogP contribution in [0.15, 0.2) is 0 Å². The molecule has 0 spiro atoms. The van der Waals surface area contributed by atoms with Crippen LogP contribution >= 0.6 is 0 Å². The molecule has 0 aliphatic heterocycles. The van der Waals surface area contributed by atoms with Crippen LogP contribution in [0.4, 0.5) is 11.6 Å². The summed E-state index contributed by atoms with van der Waals surface area (Å²) in [7, 11) is 0. The minimum absolute atomic E-state index is 0.549. The first-order chi connectivity index (χ1) is 8.54. The Morgan fingerprint density at radius 3 is 2.67 bits per heavy atom. The third-order valence-corrected chi connectivity index (χ3v) is 2.54. The van der Waals surface area contributed by atoms with Crippen molar-refractivity contribution in [2.45, 2.75) is 34.1 Å². The van der Waals surface area contributed by atoms with Gasteiger partial charge in [0.1, 0.15) is 17.5 Å². The third-order valence-electron chi connectivity index (χ3n) is 2.54. The maximum atomic E-state index is 5.84. The lowest BCUT2D eigenvalue weighted by atomic mass is 10.2. The van der Waals surface area contributed by atoms with Crippen molar-refractivity contribution in [3.05, 3.63) is 11.4 Å². The van der Waals surface area contributed by atoms with E-state index in [0.29, 0.717) is 18.3 Å². The molecular formula is C13H24N4O. The standard InChI is InChI=1S/C13H24N4O/c1-5-11-16-12(14)10(4)13(17-11)15-6-7-18-8-9(2)3/h9H,5-8H2,1-4H3,(H3,14,15,16,17). The van der Waals surface area contributed by atoms with Crippen LogP contribution < -0.4 is 11.1 Å². The van der Waals surface area contributed by atoms with Crippen LogP contribution in [0.25, 0.3) is 0 Å². The van der Waals surface area contributed by atoms with Gasteiger partial charge in [-0.15, -0.1) is 0 Å². The minimum atomic E-state index is 0.549. The number of ether oxygens (including phenoxy) is 1. The molecule has 102 valence electrons. The molecule has 0 saturated heterocycles. The number of nitrogen functional groups attached to an aromatic ring is 1. The van der Waals surface area contributed by atoms with E-state index in [4.69, 9.17) is 10.5 Å². The number of aryl methyl sites for hydroxylation is 1. The van der Waals surface area contributed by atoms with Gasteiger partial charge in [0.15, 0.2) is 0 Å². The number of hydrogen-bond acceptors (Lipinski definition) is 5. The van der Waals surface area contributed by atoms with Crippen molar-refractivity contribution < 1.29 is 4.74 Å². The fraction of sp³-hybridized carbons (Fsp3) is 0.692. The van der Waals surface area contributed by atoms with Gasteiger partial charge >= 0.3 is 0 Å². The SMILES string of the molecule is CCc1nc(N)c(C)c(NCCOCC(C)C)n1. The van der Waals surface area contributed by atoms with Gasteiger partial charge in [-0.25, -0.2) is 9.97 Å². The Labute approximate surface area is 109 Å². The molecule has 3 N–H and O–H groups in total. The summed E-state index contributed by atoms with van der Waals surface area (Å²) in [6.07, 6.45) is 0.781. The van der Waals surface area contributed by atoms with Crippen LogP contribution in [0.3, 0.4) is 0 Å². The van der Waals surface area contributed by atoms with Crippen LogP contribution in [-0.4, -0.2) is 29.7 Å². The molecule has 0 amide bonds. The van der Waals surface area contributed by atoms with Gasteiger partial charge in [-0.2, -0.15) is 0 Å². The average molecular weight is 252 g/mol. The highest BCUT2D eigenvalue weighted by molar-refractivity contribution is 5.54. The normalized spacial score (nSPS) is 10.9. The molecule has 0 fully saturated rings. The van der Waals surface area contributed by atoms with Crippen molar-refractivity contribution in [1.29, 1.82) is 0 Å². The molecule has 5 heteroatoms. The summed E-state index contributed by atoms with van der Waals surface area (Å²) in [6.45, 7) is 10.4. The van der Waals surface area contributed by atoms with E-state index >= 15 is 0 Å². The van der Waals surface area contributed by atoms with E-state index in [1.165, 1.54) is 0 Å². The van der Waals surface area contributed by atoms with Crippen LogP contribution in [0, 0.1) is 12.8 Å². The van der Waals surface area contributed by atoms with Gasteiger partial charge in [0.05, 0.1) is 6.61 Å². The van der Waals surface area contributed by atoms with E-state index in [0.717, 1.165) is 36.8 Å².